The molecule has 1 heterocycles. The summed E-state index contributed by atoms with van der Waals surface area (Å²) in [6.07, 6.45) is 0.840. The van der Waals surface area contributed by atoms with Gasteiger partial charge in [0.1, 0.15) is 11.9 Å². The summed E-state index contributed by atoms with van der Waals surface area (Å²) < 4.78 is 0. The maximum absolute atomic E-state index is 11.1. The lowest BCUT2D eigenvalue weighted by atomic mass is 10.3. The number of hydrogen-bond donors (Lipinski definition) is 0. The van der Waals surface area contributed by atoms with E-state index in [0.29, 0.717) is 0 Å². The van der Waals surface area contributed by atoms with E-state index in [9.17, 15) is 4.79 Å². The van der Waals surface area contributed by atoms with Crippen LogP contribution in [-0.2, 0) is 4.79 Å². The number of aliphatic imine (C=N–C) groups is 1. The van der Waals surface area contributed by atoms with Gasteiger partial charge in [-0.25, -0.2) is 0 Å². The second-order valence-corrected chi connectivity index (χ2v) is 2.47. The fraction of sp³-hybridized carbons (Fsp3) is 0.714. The monoisotopic (exact) mass is 140 g/mol. The Morgan fingerprint density at radius 3 is 2.50 bits per heavy atom. The fourth-order valence-electron chi connectivity index (χ4n) is 1.10. The minimum Gasteiger partial charge on any atom is -0.302 e. The van der Waals surface area contributed by atoms with Crippen molar-refractivity contribution in [3.8, 4) is 0 Å². The molecule has 0 aromatic carbocycles. The highest BCUT2D eigenvalue weighted by molar-refractivity contribution is 6.05. The number of rotatable bonds is 1. The zero-order valence-electron chi connectivity index (χ0n) is 6.59. The first-order valence-corrected chi connectivity index (χ1v) is 3.51. The predicted molar refractivity (Wildman–Crippen MR) is 40.0 cm³/mol. The SMILES string of the molecule is CCC1=NC(C)C(=O)N1C. The molecule has 56 valence electrons. The topological polar surface area (TPSA) is 32.7 Å². The van der Waals surface area contributed by atoms with E-state index < -0.39 is 0 Å². The van der Waals surface area contributed by atoms with Gasteiger partial charge >= 0.3 is 0 Å². The Kier molecular flexibility index (Phi) is 1.74. The van der Waals surface area contributed by atoms with Crippen LogP contribution in [-0.4, -0.2) is 29.7 Å². The van der Waals surface area contributed by atoms with Crippen LogP contribution < -0.4 is 0 Å². The van der Waals surface area contributed by atoms with E-state index in [2.05, 4.69) is 4.99 Å². The van der Waals surface area contributed by atoms with Gasteiger partial charge in [-0.1, -0.05) is 6.92 Å². The number of carbonyl (C=O) groups excluding carboxylic acids is 1. The molecule has 0 spiro atoms. The molecule has 1 atom stereocenters. The summed E-state index contributed by atoms with van der Waals surface area (Å²) in [7, 11) is 1.77. The Balaban J connectivity index is 2.78. The van der Waals surface area contributed by atoms with Gasteiger partial charge in [-0.2, -0.15) is 0 Å². The summed E-state index contributed by atoms with van der Waals surface area (Å²) in [6.45, 7) is 3.82. The second-order valence-electron chi connectivity index (χ2n) is 2.47. The van der Waals surface area contributed by atoms with Crippen LogP contribution >= 0.6 is 0 Å². The Labute approximate surface area is 60.7 Å². The van der Waals surface area contributed by atoms with Crippen molar-refractivity contribution in [2.75, 3.05) is 7.05 Å². The molecule has 0 aromatic heterocycles. The van der Waals surface area contributed by atoms with Gasteiger partial charge in [0.05, 0.1) is 0 Å². The van der Waals surface area contributed by atoms with Gasteiger partial charge in [0.2, 0.25) is 0 Å². The largest absolute Gasteiger partial charge is 0.302 e. The van der Waals surface area contributed by atoms with Crippen LogP contribution in [0.1, 0.15) is 20.3 Å². The molecule has 0 saturated carbocycles. The van der Waals surface area contributed by atoms with Gasteiger partial charge in [-0.15, -0.1) is 0 Å². The van der Waals surface area contributed by atoms with Gasteiger partial charge in [-0.3, -0.25) is 9.79 Å². The summed E-state index contributed by atoms with van der Waals surface area (Å²) in [5.74, 6) is 1.01. The molecule has 10 heavy (non-hydrogen) atoms. The maximum atomic E-state index is 11.1. The molecule has 0 fully saturated rings. The molecule has 0 saturated heterocycles. The van der Waals surface area contributed by atoms with Crippen molar-refractivity contribution in [1.29, 1.82) is 0 Å². The third-order valence-corrected chi connectivity index (χ3v) is 1.73. The molecule has 1 amide bonds. The van der Waals surface area contributed by atoms with Crippen LogP contribution in [0, 0.1) is 0 Å². The maximum Gasteiger partial charge on any atom is 0.252 e. The molecule has 0 N–H and O–H groups in total. The molecule has 1 rings (SSSR count). The smallest absolute Gasteiger partial charge is 0.252 e. The minimum absolute atomic E-state index is 0.108. The van der Waals surface area contributed by atoms with Crippen LogP contribution in [0.15, 0.2) is 4.99 Å². The van der Waals surface area contributed by atoms with Crippen molar-refractivity contribution in [2.24, 2.45) is 4.99 Å². The molecule has 0 bridgehead atoms. The van der Waals surface area contributed by atoms with E-state index in [1.165, 1.54) is 0 Å². The van der Waals surface area contributed by atoms with Crippen LogP contribution in [0.25, 0.3) is 0 Å². The van der Waals surface area contributed by atoms with E-state index in [1.807, 2.05) is 13.8 Å². The lowest BCUT2D eigenvalue weighted by Gasteiger charge is -2.09. The van der Waals surface area contributed by atoms with E-state index in [-0.39, 0.29) is 11.9 Å². The molecule has 1 aliphatic heterocycles. The zero-order valence-corrected chi connectivity index (χ0v) is 6.59. The van der Waals surface area contributed by atoms with Crippen molar-refractivity contribution in [3.05, 3.63) is 0 Å². The van der Waals surface area contributed by atoms with Crippen molar-refractivity contribution in [3.63, 3.8) is 0 Å². The molecular formula is C7H12N2O. The van der Waals surface area contributed by atoms with Gasteiger partial charge in [0.15, 0.2) is 0 Å². The molecule has 3 nitrogen and oxygen atoms in total. The van der Waals surface area contributed by atoms with Gasteiger partial charge in [0, 0.05) is 13.5 Å². The molecule has 1 unspecified atom stereocenters. The summed E-state index contributed by atoms with van der Waals surface area (Å²) in [4.78, 5) is 16.9. The molecular weight excluding hydrogens is 128 g/mol. The van der Waals surface area contributed by atoms with Crippen molar-refractivity contribution in [1.82, 2.24) is 4.90 Å². The summed E-state index contributed by atoms with van der Waals surface area (Å²) in [6, 6.07) is -0.153. The first-order chi connectivity index (χ1) is 4.66. The van der Waals surface area contributed by atoms with E-state index in [4.69, 9.17) is 0 Å². The number of amides is 1. The third kappa shape index (κ3) is 0.916. The van der Waals surface area contributed by atoms with Crippen molar-refractivity contribution >= 4 is 11.7 Å². The molecule has 0 aromatic rings. The van der Waals surface area contributed by atoms with Gasteiger partial charge < -0.3 is 4.90 Å². The number of amidine groups is 1. The second kappa shape index (κ2) is 2.40. The normalized spacial score (nSPS) is 25.5. The lowest BCUT2D eigenvalue weighted by Crippen LogP contribution is -2.29. The fourth-order valence-corrected chi connectivity index (χ4v) is 1.10. The Morgan fingerprint density at radius 1 is 1.70 bits per heavy atom. The average molecular weight is 140 g/mol. The lowest BCUT2D eigenvalue weighted by molar-refractivity contribution is -0.126. The highest BCUT2D eigenvalue weighted by atomic mass is 16.2. The number of nitrogens with zero attached hydrogens (tertiary/aromatic N) is 2. The minimum atomic E-state index is -0.153. The van der Waals surface area contributed by atoms with Crippen molar-refractivity contribution < 1.29 is 4.79 Å². The summed E-state index contributed by atoms with van der Waals surface area (Å²) in [5, 5.41) is 0. The van der Waals surface area contributed by atoms with E-state index >= 15 is 0 Å². The Hall–Kier alpha value is -0.860. The number of likely N-dealkylation sites (N-methyl/N-ethyl adjacent to an activating group) is 1. The standard InChI is InChI=1S/C7H12N2O/c1-4-6-8-5(2)7(10)9(6)3/h5H,4H2,1-3H3. The van der Waals surface area contributed by atoms with Crippen LogP contribution in [0.2, 0.25) is 0 Å². The van der Waals surface area contributed by atoms with Crippen LogP contribution in [0.4, 0.5) is 0 Å². The average Bonchev–Trinajstić information content (AvgIpc) is 2.17. The summed E-state index contributed by atoms with van der Waals surface area (Å²) >= 11 is 0. The van der Waals surface area contributed by atoms with Crippen LogP contribution in [0.5, 0.6) is 0 Å². The van der Waals surface area contributed by atoms with Gasteiger partial charge in [-0.05, 0) is 6.92 Å². The highest BCUT2D eigenvalue weighted by Gasteiger charge is 2.26. The molecule has 1 aliphatic rings. The van der Waals surface area contributed by atoms with Gasteiger partial charge in [0.25, 0.3) is 5.91 Å². The number of hydrogen-bond acceptors (Lipinski definition) is 2. The molecule has 0 aliphatic carbocycles. The first-order valence-electron chi connectivity index (χ1n) is 3.51. The van der Waals surface area contributed by atoms with Crippen molar-refractivity contribution in [2.45, 2.75) is 26.3 Å². The van der Waals surface area contributed by atoms with Crippen LogP contribution in [0.3, 0.4) is 0 Å². The third-order valence-electron chi connectivity index (χ3n) is 1.73. The summed E-state index contributed by atoms with van der Waals surface area (Å²) in [5.41, 5.74) is 0. The quantitative estimate of drug-likeness (QED) is 0.526. The Bertz CT molecular complexity index is 186. The zero-order chi connectivity index (χ0) is 7.72. The number of carbonyl (C=O) groups is 1. The molecule has 3 heteroatoms. The predicted octanol–water partition coefficient (Wildman–Crippen LogP) is 0.655. The van der Waals surface area contributed by atoms with E-state index in [0.717, 1.165) is 12.3 Å². The molecule has 0 radical (unpaired) electrons. The first kappa shape index (κ1) is 7.25. The van der Waals surface area contributed by atoms with E-state index in [1.54, 1.807) is 11.9 Å². The highest BCUT2D eigenvalue weighted by Crippen LogP contribution is 2.09. The Morgan fingerprint density at radius 2 is 2.30 bits per heavy atom.